The van der Waals surface area contributed by atoms with E-state index in [0.29, 0.717) is 0 Å². The van der Waals surface area contributed by atoms with Crippen LogP contribution in [-0.2, 0) is 32.0 Å². The maximum atomic E-state index is 13.2. The first-order valence-electron chi connectivity index (χ1n) is 10.9. The van der Waals surface area contributed by atoms with Crippen LogP contribution in [0.3, 0.4) is 0 Å². The molecule has 0 bridgehead atoms. The number of hydrogen-bond donors (Lipinski definition) is 2. The van der Waals surface area contributed by atoms with Crippen molar-refractivity contribution < 1.29 is 24.2 Å². The average Bonchev–Trinajstić information content (AvgIpc) is 3.39. The molecule has 2 atom stereocenters. The topological polar surface area (TPSA) is 95.9 Å². The first kappa shape index (κ1) is 22.3. The number of carbonyl (C=O) groups is 3. The number of rotatable bonds is 9. The lowest BCUT2D eigenvalue weighted by molar-refractivity contribution is -0.150. The molecule has 0 saturated heterocycles. The Bertz CT molecular complexity index is 750. The number of fused-ring (bicyclic) bond motifs is 1. The molecular formula is C23H32N2O5. The van der Waals surface area contributed by atoms with Crippen LogP contribution in [0.2, 0.25) is 0 Å². The highest BCUT2D eigenvalue weighted by atomic mass is 16.5. The van der Waals surface area contributed by atoms with Gasteiger partial charge in [-0.15, -0.1) is 0 Å². The molecule has 0 aromatic heterocycles. The zero-order valence-electron chi connectivity index (χ0n) is 17.8. The molecule has 2 unspecified atom stereocenters. The molecule has 1 aromatic carbocycles. The SMILES string of the molecule is CCOC(=O)C(NC(C)C(=O)N(CC(=O)O)C1CCCC1)C1Cc2ccccc2C1. The molecule has 164 valence electrons. The summed E-state index contributed by atoms with van der Waals surface area (Å²) in [4.78, 5) is 38.7. The van der Waals surface area contributed by atoms with Gasteiger partial charge in [0.1, 0.15) is 12.6 Å². The number of ether oxygens (including phenoxy) is 1. The molecular weight excluding hydrogens is 384 g/mol. The van der Waals surface area contributed by atoms with E-state index in [2.05, 4.69) is 17.4 Å². The number of carboxylic acids is 1. The summed E-state index contributed by atoms with van der Waals surface area (Å²) in [6.45, 7) is 3.43. The van der Waals surface area contributed by atoms with Crippen molar-refractivity contribution in [3.05, 3.63) is 35.4 Å². The molecule has 7 nitrogen and oxygen atoms in total. The Hall–Kier alpha value is -2.41. The molecule has 0 spiro atoms. The minimum atomic E-state index is -1.02. The first-order valence-corrected chi connectivity index (χ1v) is 10.9. The molecule has 3 rings (SSSR count). The number of carbonyl (C=O) groups excluding carboxylic acids is 2. The van der Waals surface area contributed by atoms with Gasteiger partial charge in [-0.2, -0.15) is 0 Å². The van der Waals surface area contributed by atoms with E-state index in [4.69, 9.17) is 4.74 Å². The lowest BCUT2D eigenvalue weighted by Crippen LogP contribution is -2.56. The van der Waals surface area contributed by atoms with Gasteiger partial charge in [-0.05, 0) is 56.6 Å². The van der Waals surface area contributed by atoms with Gasteiger partial charge in [0.15, 0.2) is 0 Å². The number of nitrogens with one attached hydrogen (secondary N) is 1. The number of aliphatic carboxylic acids is 1. The fourth-order valence-electron chi connectivity index (χ4n) is 4.80. The van der Waals surface area contributed by atoms with Gasteiger partial charge in [0, 0.05) is 6.04 Å². The Morgan fingerprint density at radius 1 is 1.17 bits per heavy atom. The van der Waals surface area contributed by atoms with Crippen LogP contribution in [0.15, 0.2) is 24.3 Å². The van der Waals surface area contributed by atoms with Gasteiger partial charge < -0.3 is 14.7 Å². The summed E-state index contributed by atoms with van der Waals surface area (Å²) in [5, 5.41) is 12.5. The molecule has 0 aliphatic heterocycles. The molecule has 7 heteroatoms. The van der Waals surface area contributed by atoms with Crippen molar-refractivity contribution in [2.45, 2.75) is 70.5 Å². The van der Waals surface area contributed by atoms with Gasteiger partial charge in [-0.3, -0.25) is 19.7 Å². The number of nitrogens with zero attached hydrogens (tertiary/aromatic N) is 1. The summed E-state index contributed by atoms with van der Waals surface area (Å²) in [6, 6.07) is 6.78. The first-order chi connectivity index (χ1) is 14.4. The van der Waals surface area contributed by atoms with E-state index in [1.165, 1.54) is 16.0 Å². The van der Waals surface area contributed by atoms with Gasteiger partial charge in [-0.1, -0.05) is 37.1 Å². The largest absolute Gasteiger partial charge is 0.480 e. The van der Waals surface area contributed by atoms with Gasteiger partial charge in [-0.25, -0.2) is 0 Å². The van der Waals surface area contributed by atoms with E-state index >= 15 is 0 Å². The van der Waals surface area contributed by atoms with Gasteiger partial charge in [0.2, 0.25) is 5.91 Å². The quantitative estimate of drug-likeness (QED) is 0.599. The highest BCUT2D eigenvalue weighted by Crippen LogP contribution is 2.30. The van der Waals surface area contributed by atoms with Gasteiger partial charge in [0.25, 0.3) is 0 Å². The van der Waals surface area contributed by atoms with Crippen LogP contribution in [0.5, 0.6) is 0 Å². The third kappa shape index (κ3) is 5.19. The molecule has 2 aliphatic carbocycles. The second-order valence-electron chi connectivity index (χ2n) is 8.35. The van der Waals surface area contributed by atoms with Gasteiger partial charge >= 0.3 is 11.9 Å². The van der Waals surface area contributed by atoms with Crippen LogP contribution in [0.1, 0.15) is 50.7 Å². The van der Waals surface area contributed by atoms with E-state index in [0.717, 1.165) is 38.5 Å². The maximum absolute atomic E-state index is 13.2. The minimum Gasteiger partial charge on any atom is -0.480 e. The van der Waals surface area contributed by atoms with Crippen molar-refractivity contribution in [3.63, 3.8) is 0 Å². The predicted molar refractivity (Wildman–Crippen MR) is 112 cm³/mol. The second-order valence-corrected chi connectivity index (χ2v) is 8.35. The zero-order valence-corrected chi connectivity index (χ0v) is 17.8. The van der Waals surface area contributed by atoms with Crippen LogP contribution < -0.4 is 5.32 Å². The van der Waals surface area contributed by atoms with Crippen molar-refractivity contribution in [2.24, 2.45) is 5.92 Å². The average molecular weight is 417 g/mol. The van der Waals surface area contributed by atoms with Crippen molar-refractivity contribution in [3.8, 4) is 0 Å². The van der Waals surface area contributed by atoms with Crippen LogP contribution >= 0.6 is 0 Å². The summed E-state index contributed by atoms with van der Waals surface area (Å²) in [5.41, 5.74) is 2.44. The van der Waals surface area contributed by atoms with E-state index in [1.54, 1.807) is 13.8 Å². The number of hydrogen-bond acceptors (Lipinski definition) is 5. The summed E-state index contributed by atoms with van der Waals surface area (Å²) in [7, 11) is 0. The predicted octanol–water partition coefficient (Wildman–Crippen LogP) is 2.17. The zero-order chi connectivity index (χ0) is 21.7. The Labute approximate surface area is 177 Å². The van der Waals surface area contributed by atoms with Gasteiger partial charge in [0.05, 0.1) is 12.6 Å². The van der Waals surface area contributed by atoms with Crippen LogP contribution in [0, 0.1) is 5.92 Å². The highest BCUT2D eigenvalue weighted by Gasteiger charge is 2.38. The normalized spacial score (nSPS) is 18.6. The molecule has 30 heavy (non-hydrogen) atoms. The lowest BCUT2D eigenvalue weighted by atomic mass is 9.95. The summed E-state index contributed by atoms with van der Waals surface area (Å²) >= 11 is 0. The standard InChI is InChI=1S/C23H32N2O5/c1-3-30-23(29)21(18-12-16-8-4-5-9-17(16)13-18)24-15(2)22(28)25(14-20(26)27)19-10-6-7-11-19/h4-5,8-9,15,18-19,21,24H,3,6-7,10-14H2,1-2H3,(H,26,27). The number of benzene rings is 1. The Morgan fingerprint density at radius 3 is 2.30 bits per heavy atom. The Kier molecular flexibility index (Phi) is 7.48. The fraction of sp³-hybridized carbons (Fsp3) is 0.609. The lowest BCUT2D eigenvalue weighted by Gasteiger charge is -2.32. The number of carboxylic acid groups (broad SMARTS) is 1. The van der Waals surface area contributed by atoms with Crippen molar-refractivity contribution in [1.29, 1.82) is 0 Å². The smallest absolute Gasteiger partial charge is 0.323 e. The summed E-state index contributed by atoms with van der Waals surface area (Å²) in [5.74, 6) is -1.65. The van der Waals surface area contributed by atoms with E-state index in [1.807, 2.05) is 12.1 Å². The molecule has 2 aliphatic rings. The maximum Gasteiger partial charge on any atom is 0.323 e. The molecule has 2 N–H and O–H groups in total. The van der Waals surface area contributed by atoms with E-state index in [9.17, 15) is 19.5 Å². The highest BCUT2D eigenvalue weighted by molar-refractivity contribution is 5.86. The van der Waals surface area contributed by atoms with Crippen molar-refractivity contribution in [1.82, 2.24) is 10.2 Å². The van der Waals surface area contributed by atoms with Crippen molar-refractivity contribution in [2.75, 3.05) is 13.2 Å². The Balaban J connectivity index is 1.73. The van der Waals surface area contributed by atoms with Crippen molar-refractivity contribution >= 4 is 17.8 Å². The molecule has 0 radical (unpaired) electrons. The van der Waals surface area contributed by atoms with E-state index in [-0.39, 0.29) is 37.0 Å². The van der Waals surface area contributed by atoms with Crippen LogP contribution in [-0.4, -0.2) is 59.1 Å². The third-order valence-corrected chi connectivity index (χ3v) is 6.25. The molecule has 1 aromatic rings. The summed E-state index contributed by atoms with van der Waals surface area (Å²) < 4.78 is 5.30. The minimum absolute atomic E-state index is 0.00361. The number of amides is 1. The number of esters is 1. The summed E-state index contributed by atoms with van der Waals surface area (Å²) in [6.07, 6.45) is 5.14. The monoisotopic (exact) mass is 416 g/mol. The second kappa shape index (κ2) is 10.1. The van der Waals surface area contributed by atoms with Crippen LogP contribution in [0.4, 0.5) is 0 Å². The molecule has 0 heterocycles. The molecule has 1 saturated carbocycles. The van der Waals surface area contributed by atoms with Crippen LogP contribution in [0.25, 0.3) is 0 Å². The third-order valence-electron chi connectivity index (χ3n) is 6.25. The molecule has 1 fully saturated rings. The fourth-order valence-corrected chi connectivity index (χ4v) is 4.80. The Morgan fingerprint density at radius 2 is 1.77 bits per heavy atom. The van der Waals surface area contributed by atoms with E-state index < -0.39 is 18.1 Å². The molecule has 1 amide bonds.